The minimum absolute atomic E-state index is 0.110. The van der Waals surface area contributed by atoms with Gasteiger partial charge in [0, 0.05) is 26.3 Å². The Morgan fingerprint density at radius 1 is 0.664 bits per heavy atom. The number of phenolic OH excluding ortho intramolecular Hbond substituents is 1. The summed E-state index contributed by atoms with van der Waals surface area (Å²) in [5.41, 5.74) is 10.5. The Labute approximate surface area is 617 Å². The minimum atomic E-state index is -2.38. The number of nitrogens with two attached hydrogens (primary N) is 2. The first-order valence-electron chi connectivity index (χ1n) is 35.6. The molecule has 0 saturated carbocycles. The standard InChI is InChI=1S/C68H109N11O28/c1-9-11-12-13-14-15-16-17-18-19-42(106-68-56(92)54(90)51(87)35(7)105-68)53(89)65(101)77-48(32(4)82)62(98)78-49-33(5)103-66(102)40(25-27-45(70)85)74-64(100)50(34(6)104-67-57(93)55(91)52(88)43(30-80)107-67)79(8)46(86)29-71-58(94)39(24-26-44(69)84)73-59(95)38(10-2)72-60(96)41(28-36-20-22-37(83)23-21-36)75-61(97)47(31(3)81)76-63(49)99/h10,20-23,31-35,39-43,47-57,67-68,80-83,87-93H,9,11-19,24-30H2,1-8H3,(H2,69,84)(H2,70,85)(H,71,94)(H,72,96)(H,73,95)(H,74,100)(H,75,97)(H,76,99)(H,77,101)(H,78,98)/b38-10-/t31?,32?,33?,34?,35-,39-,40+,41-,42?,43+,47?,48?,49?,50?,51-,52+,53?,54+,55-,56+,57-,67?,68?/m1/s1. The van der Waals surface area contributed by atoms with Crippen LogP contribution in [0.15, 0.2) is 36.0 Å². The molecule has 23 N–H and O–H groups in total. The lowest BCUT2D eigenvalue weighted by Crippen LogP contribution is -2.64. The molecule has 0 aromatic heterocycles. The van der Waals surface area contributed by atoms with E-state index in [9.17, 15) is 109 Å². The second-order valence-corrected chi connectivity index (χ2v) is 26.9. The molecule has 39 heteroatoms. The van der Waals surface area contributed by atoms with Crippen molar-refractivity contribution in [1.82, 2.24) is 47.4 Å². The number of carbonyl (C=O) groups excluding carboxylic acids is 12. The molecule has 12 unspecified atom stereocenters. The molecule has 604 valence electrons. The van der Waals surface area contributed by atoms with Gasteiger partial charge in [-0.15, -0.1) is 0 Å². The highest BCUT2D eigenvalue weighted by Crippen LogP contribution is 2.28. The van der Waals surface area contributed by atoms with E-state index >= 15 is 4.79 Å². The number of nitrogens with one attached hydrogen (secondary N) is 8. The third-order valence-corrected chi connectivity index (χ3v) is 18.3. The quantitative estimate of drug-likeness (QED) is 0.0187. The van der Waals surface area contributed by atoms with Gasteiger partial charge in [-0.3, -0.25) is 52.7 Å². The first kappa shape index (κ1) is 91.2. The molecular weight excluding hydrogens is 1420 g/mol. The van der Waals surface area contributed by atoms with E-state index in [2.05, 4.69) is 49.5 Å². The van der Waals surface area contributed by atoms with Gasteiger partial charge >= 0.3 is 5.97 Å². The van der Waals surface area contributed by atoms with Gasteiger partial charge in [-0.05, 0) is 78.5 Å². The second kappa shape index (κ2) is 44.3. The minimum Gasteiger partial charge on any atom is -0.508 e. The number of hydrogen-bond acceptors (Lipinski definition) is 28. The highest BCUT2D eigenvalue weighted by atomic mass is 16.7. The lowest BCUT2D eigenvalue weighted by Gasteiger charge is -2.42. The van der Waals surface area contributed by atoms with Gasteiger partial charge in [-0.1, -0.05) is 82.9 Å². The summed E-state index contributed by atoms with van der Waals surface area (Å²) < 4.78 is 28.7. The number of ether oxygens (including phenoxy) is 5. The number of hydrogen-bond donors (Lipinski definition) is 21. The number of primary amides is 2. The average Bonchev–Trinajstić information content (AvgIpc) is 0.872. The maximum atomic E-state index is 15.1. The predicted molar refractivity (Wildman–Crippen MR) is 370 cm³/mol. The molecule has 0 aliphatic carbocycles. The number of likely N-dealkylation sites (N-methyl/N-ethyl adjacent to an activating group) is 1. The summed E-state index contributed by atoms with van der Waals surface area (Å²) in [6.07, 6.45) is -24.1. The molecule has 0 spiro atoms. The number of esters is 1. The first-order chi connectivity index (χ1) is 50.4. The van der Waals surface area contributed by atoms with Crippen molar-refractivity contribution in [2.24, 2.45) is 11.5 Å². The average molecular weight is 1530 g/mol. The number of phenols is 1. The molecule has 23 atom stereocenters. The molecule has 0 bridgehead atoms. The second-order valence-electron chi connectivity index (χ2n) is 26.9. The zero-order chi connectivity index (χ0) is 80.3. The monoisotopic (exact) mass is 1530 g/mol. The van der Waals surface area contributed by atoms with Crippen LogP contribution in [0.25, 0.3) is 0 Å². The van der Waals surface area contributed by atoms with Gasteiger partial charge in [0.1, 0.15) is 103 Å². The van der Waals surface area contributed by atoms with E-state index in [0.29, 0.717) is 17.7 Å². The number of unbranched alkanes of at least 4 members (excludes halogenated alkanes) is 8. The van der Waals surface area contributed by atoms with Gasteiger partial charge in [0.15, 0.2) is 18.7 Å². The number of aliphatic hydroxyl groups is 10. The van der Waals surface area contributed by atoms with E-state index < -0.39 is 262 Å². The van der Waals surface area contributed by atoms with Gasteiger partial charge in [-0.25, -0.2) is 4.79 Å². The third kappa shape index (κ3) is 27.8. The fraction of sp³-hybridized carbons (Fsp3) is 0.706. The molecule has 107 heavy (non-hydrogen) atoms. The molecule has 1 aromatic carbocycles. The molecule has 3 aliphatic heterocycles. The molecular formula is C68H109N11O28. The fourth-order valence-electron chi connectivity index (χ4n) is 11.8. The number of aromatic hydroxyl groups is 1. The van der Waals surface area contributed by atoms with Crippen molar-refractivity contribution in [3.63, 3.8) is 0 Å². The summed E-state index contributed by atoms with van der Waals surface area (Å²) in [5.74, 6) is -15.9. The summed E-state index contributed by atoms with van der Waals surface area (Å²) in [4.78, 5) is 171. The Morgan fingerprint density at radius 2 is 1.22 bits per heavy atom. The van der Waals surface area contributed by atoms with E-state index in [-0.39, 0.29) is 17.7 Å². The van der Waals surface area contributed by atoms with Crippen LogP contribution >= 0.6 is 0 Å². The maximum Gasteiger partial charge on any atom is 0.329 e. The first-order valence-corrected chi connectivity index (χ1v) is 35.6. The fourth-order valence-corrected chi connectivity index (χ4v) is 11.8. The molecule has 3 saturated heterocycles. The van der Waals surface area contributed by atoms with Crippen LogP contribution in [0.3, 0.4) is 0 Å². The largest absolute Gasteiger partial charge is 0.508 e. The SMILES string of the molecule is C/C=C1\NC(=O)[C@@H](Cc2ccc(O)cc2)NC(=O)C(C(C)O)NC(=O)C(NC(=O)C(NC(=O)C(O)C(CCCCCCCCCCC)OC2O[C@H](C)[C@@H](O)[C@H](O)[C@@H]2O)C(C)O)C(C)OC(=O)[C@H](CCC(N)=O)NC(=O)C(C(C)OC2O[C@@H](CO)[C@H](O)[C@@H](O)[C@H]2O)N(C)C(=O)CNC(=O)[C@@H](CCC(N)=O)NC1=O. The van der Waals surface area contributed by atoms with Crippen molar-refractivity contribution in [1.29, 1.82) is 0 Å². The summed E-state index contributed by atoms with van der Waals surface area (Å²) in [5, 5.41) is 137. The smallest absolute Gasteiger partial charge is 0.329 e. The van der Waals surface area contributed by atoms with Crippen molar-refractivity contribution in [3.8, 4) is 5.75 Å². The van der Waals surface area contributed by atoms with Crippen molar-refractivity contribution in [3.05, 3.63) is 41.6 Å². The van der Waals surface area contributed by atoms with Crippen molar-refractivity contribution < 1.29 is 137 Å². The number of cyclic esters (lactones) is 1. The Balaban J connectivity index is 1.89. The van der Waals surface area contributed by atoms with Gasteiger partial charge in [-0.2, -0.15) is 0 Å². The van der Waals surface area contributed by atoms with Gasteiger partial charge < -0.3 is 139 Å². The number of amides is 11. The molecule has 3 heterocycles. The van der Waals surface area contributed by atoms with Crippen LogP contribution in [0, 0.1) is 0 Å². The van der Waals surface area contributed by atoms with E-state index in [1.165, 1.54) is 38.1 Å². The molecule has 3 fully saturated rings. The van der Waals surface area contributed by atoms with Gasteiger partial charge in [0.05, 0.1) is 43.7 Å². The van der Waals surface area contributed by atoms with Crippen molar-refractivity contribution in [2.75, 3.05) is 20.2 Å². The van der Waals surface area contributed by atoms with Gasteiger partial charge in [0.2, 0.25) is 53.2 Å². The van der Waals surface area contributed by atoms with Crippen molar-refractivity contribution >= 4 is 70.9 Å². The van der Waals surface area contributed by atoms with E-state index in [4.69, 9.17) is 35.2 Å². The molecule has 0 radical (unpaired) electrons. The molecule has 39 nitrogen and oxygen atoms in total. The molecule has 1 aromatic rings. The van der Waals surface area contributed by atoms with Crippen molar-refractivity contribution in [2.45, 2.75) is 285 Å². The number of benzene rings is 1. The zero-order valence-electron chi connectivity index (χ0n) is 61.1. The number of carbonyl (C=O) groups is 12. The van der Waals surface area contributed by atoms with Crippen LogP contribution in [0.4, 0.5) is 0 Å². The highest BCUT2D eigenvalue weighted by molar-refractivity contribution is 6.02. The Bertz CT molecular complexity index is 3170. The summed E-state index contributed by atoms with van der Waals surface area (Å²) in [7, 11) is 0.969. The Hall–Kier alpha value is -8.16. The molecule has 3 aliphatic rings. The van der Waals surface area contributed by atoms with Crippen LogP contribution in [-0.4, -0.2) is 293 Å². The van der Waals surface area contributed by atoms with Crippen LogP contribution < -0.4 is 54.0 Å². The topological polar surface area (TPSA) is 625 Å². The summed E-state index contributed by atoms with van der Waals surface area (Å²) in [6, 6.07) is -9.40. The summed E-state index contributed by atoms with van der Waals surface area (Å²) in [6.45, 7) is 6.73. The van der Waals surface area contributed by atoms with Crippen LogP contribution in [0.2, 0.25) is 0 Å². The Morgan fingerprint density at radius 3 is 1.79 bits per heavy atom. The van der Waals surface area contributed by atoms with Gasteiger partial charge in [0.25, 0.3) is 11.8 Å². The van der Waals surface area contributed by atoms with Crippen LogP contribution in [0.1, 0.15) is 144 Å². The van der Waals surface area contributed by atoms with Crippen LogP contribution in [0.5, 0.6) is 5.75 Å². The van der Waals surface area contributed by atoms with E-state index in [1.54, 1.807) is 0 Å². The number of nitrogens with zero attached hydrogens (tertiary/aromatic N) is 1. The summed E-state index contributed by atoms with van der Waals surface area (Å²) >= 11 is 0. The number of allylic oxidation sites excluding steroid dienone is 1. The normalized spacial score (nSPS) is 30.0. The molecule has 4 rings (SSSR count). The predicted octanol–water partition coefficient (Wildman–Crippen LogP) is -7.26. The Kier molecular flexibility index (Phi) is 37.8. The van der Waals surface area contributed by atoms with E-state index in [0.717, 1.165) is 85.8 Å². The van der Waals surface area contributed by atoms with Crippen LogP contribution in [-0.2, 0) is 87.6 Å². The number of rotatable bonds is 31. The zero-order valence-corrected chi connectivity index (χ0v) is 61.1. The highest BCUT2D eigenvalue weighted by Gasteiger charge is 2.49. The maximum absolute atomic E-state index is 15.1. The number of aliphatic hydroxyl groups excluding tert-OH is 10. The third-order valence-electron chi connectivity index (χ3n) is 18.3. The lowest BCUT2D eigenvalue weighted by atomic mass is 9.99. The van der Waals surface area contributed by atoms with E-state index in [1.807, 2.05) is 0 Å². The molecule has 11 amide bonds. The lowest BCUT2D eigenvalue weighted by molar-refractivity contribution is -0.312.